The van der Waals surface area contributed by atoms with Gasteiger partial charge in [-0.2, -0.15) is 4.39 Å². The van der Waals surface area contributed by atoms with Gasteiger partial charge in [-0.25, -0.2) is 9.97 Å². The van der Waals surface area contributed by atoms with E-state index in [1.54, 1.807) is 24.0 Å². The molecule has 0 saturated carbocycles. The van der Waals surface area contributed by atoms with E-state index in [4.69, 9.17) is 0 Å². The van der Waals surface area contributed by atoms with Gasteiger partial charge in [0.05, 0.1) is 0 Å². The highest BCUT2D eigenvalue weighted by molar-refractivity contribution is 7.99. The number of aromatic nitrogens is 3. The van der Waals surface area contributed by atoms with E-state index in [1.165, 1.54) is 6.07 Å². The zero-order chi connectivity index (χ0) is 12.3. The zero-order valence-corrected chi connectivity index (χ0v) is 10.6. The Bertz CT molecular complexity index is 481. The van der Waals surface area contributed by atoms with E-state index in [1.807, 2.05) is 13.1 Å². The van der Waals surface area contributed by atoms with Gasteiger partial charge in [-0.1, -0.05) is 24.8 Å². The lowest BCUT2D eigenvalue weighted by Gasteiger charge is -2.08. The lowest BCUT2D eigenvalue weighted by atomic mass is 10.2. The molecular formula is C12H14FN3S. The fourth-order valence-electron chi connectivity index (χ4n) is 1.44. The third kappa shape index (κ3) is 3.06. The molecule has 2 rings (SSSR count). The summed E-state index contributed by atoms with van der Waals surface area (Å²) in [6, 6.07) is 3.13. The molecule has 0 spiro atoms. The maximum atomic E-state index is 12.7. The summed E-state index contributed by atoms with van der Waals surface area (Å²) in [5.41, 5.74) is 2.11. The van der Waals surface area contributed by atoms with Crippen molar-refractivity contribution in [2.75, 3.05) is 0 Å². The van der Waals surface area contributed by atoms with Crippen molar-refractivity contribution >= 4 is 11.8 Å². The maximum absolute atomic E-state index is 12.7. The molecule has 0 aliphatic heterocycles. The first-order valence-corrected chi connectivity index (χ1v) is 6.39. The van der Waals surface area contributed by atoms with Crippen LogP contribution in [0.5, 0.6) is 0 Å². The maximum Gasteiger partial charge on any atom is 0.212 e. The Kier molecular flexibility index (Phi) is 3.78. The number of nitrogens with one attached hydrogen (secondary N) is 1. The second-order valence-electron chi connectivity index (χ2n) is 3.74. The van der Waals surface area contributed by atoms with Crippen molar-refractivity contribution in [2.45, 2.75) is 30.7 Å². The van der Waals surface area contributed by atoms with E-state index in [2.05, 4.69) is 21.9 Å². The van der Waals surface area contributed by atoms with E-state index in [0.29, 0.717) is 0 Å². The second kappa shape index (κ2) is 5.31. The highest BCUT2D eigenvalue weighted by Crippen LogP contribution is 2.32. The Morgan fingerprint density at radius 1 is 1.35 bits per heavy atom. The predicted molar refractivity (Wildman–Crippen MR) is 66.4 cm³/mol. The normalized spacial score (nSPS) is 12.6. The quantitative estimate of drug-likeness (QED) is 0.669. The highest BCUT2D eigenvalue weighted by Gasteiger charge is 2.10. The minimum Gasteiger partial charge on any atom is -0.337 e. The number of aryl methyl sites for hydroxylation is 1. The van der Waals surface area contributed by atoms with E-state index < -0.39 is 5.95 Å². The van der Waals surface area contributed by atoms with Gasteiger partial charge in [0, 0.05) is 23.3 Å². The number of hydrogen-bond acceptors (Lipinski definition) is 3. The summed E-state index contributed by atoms with van der Waals surface area (Å²) >= 11 is 1.61. The van der Waals surface area contributed by atoms with E-state index >= 15 is 0 Å². The molecule has 0 saturated heterocycles. The lowest BCUT2D eigenvalue weighted by Crippen LogP contribution is -1.92. The van der Waals surface area contributed by atoms with Gasteiger partial charge in [-0.3, -0.25) is 0 Å². The van der Waals surface area contributed by atoms with Crippen LogP contribution in [0.1, 0.15) is 30.4 Å². The van der Waals surface area contributed by atoms with Crippen LogP contribution in [0.3, 0.4) is 0 Å². The molecule has 90 valence electrons. The van der Waals surface area contributed by atoms with Crippen LogP contribution in [0.2, 0.25) is 0 Å². The fraction of sp³-hybridized carbons (Fsp3) is 0.333. The summed E-state index contributed by atoms with van der Waals surface area (Å²) in [4.78, 5) is 11.2. The third-order valence-electron chi connectivity index (χ3n) is 2.49. The largest absolute Gasteiger partial charge is 0.337 e. The molecule has 1 atom stereocenters. The van der Waals surface area contributed by atoms with Crippen LogP contribution >= 0.6 is 11.8 Å². The van der Waals surface area contributed by atoms with Gasteiger partial charge in [0.1, 0.15) is 0 Å². The van der Waals surface area contributed by atoms with Crippen molar-refractivity contribution in [3.63, 3.8) is 0 Å². The van der Waals surface area contributed by atoms with Gasteiger partial charge in [-0.05, 0) is 25.0 Å². The summed E-state index contributed by atoms with van der Waals surface area (Å²) < 4.78 is 12.7. The Balaban J connectivity index is 2.05. The molecule has 0 aromatic carbocycles. The number of thioether (sulfide) groups is 1. The van der Waals surface area contributed by atoms with Crippen LogP contribution < -0.4 is 0 Å². The SMILES string of the molecule is CCc1cnc(SC(C)c2ccc(F)nc2)[nH]1. The van der Waals surface area contributed by atoms with Gasteiger partial charge in [0.15, 0.2) is 5.16 Å². The average Bonchev–Trinajstić information content (AvgIpc) is 2.77. The molecule has 3 nitrogen and oxygen atoms in total. The Hall–Kier alpha value is -1.36. The Morgan fingerprint density at radius 3 is 2.76 bits per heavy atom. The number of nitrogens with zero attached hydrogens (tertiary/aromatic N) is 2. The van der Waals surface area contributed by atoms with E-state index in [0.717, 1.165) is 22.8 Å². The number of rotatable bonds is 4. The third-order valence-corrected chi connectivity index (χ3v) is 3.55. The van der Waals surface area contributed by atoms with Crippen LogP contribution in [-0.4, -0.2) is 15.0 Å². The molecule has 1 unspecified atom stereocenters. The summed E-state index contributed by atoms with van der Waals surface area (Å²) in [6.45, 7) is 4.13. The lowest BCUT2D eigenvalue weighted by molar-refractivity contribution is 0.582. The van der Waals surface area contributed by atoms with Crippen LogP contribution in [0, 0.1) is 5.95 Å². The molecule has 0 amide bonds. The molecule has 0 aliphatic rings. The first kappa shape index (κ1) is 12.1. The minimum atomic E-state index is -0.447. The van der Waals surface area contributed by atoms with E-state index in [-0.39, 0.29) is 5.25 Å². The van der Waals surface area contributed by atoms with Crippen molar-refractivity contribution in [2.24, 2.45) is 0 Å². The number of imidazole rings is 1. The smallest absolute Gasteiger partial charge is 0.212 e. The number of aromatic amines is 1. The summed E-state index contributed by atoms with van der Waals surface area (Å²) in [6.07, 6.45) is 4.36. The van der Waals surface area contributed by atoms with Crippen molar-refractivity contribution in [3.05, 3.63) is 41.7 Å². The first-order valence-electron chi connectivity index (χ1n) is 5.51. The Morgan fingerprint density at radius 2 is 2.18 bits per heavy atom. The van der Waals surface area contributed by atoms with Crippen molar-refractivity contribution in [1.82, 2.24) is 15.0 Å². The monoisotopic (exact) mass is 251 g/mol. The van der Waals surface area contributed by atoms with Gasteiger partial charge in [-0.15, -0.1) is 0 Å². The molecule has 0 bridgehead atoms. The predicted octanol–water partition coefficient (Wildman–Crippen LogP) is 3.36. The van der Waals surface area contributed by atoms with Gasteiger partial charge >= 0.3 is 0 Å². The molecule has 2 heterocycles. The average molecular weight is 251 g/mol. The van der Waals surface area contributed by atoms with Crippen LogP contribution in [0.15, 0.2) is 29.7 Å². The molecule has 2 aromatic rings. The standard InChI is InChI=1S/C12H14FN3S/c1-3-10-7-15-12(16-10)17-8(2)9-4-5-11(13)14-6-9/h4-8H,3H2,1-2H3,(H,15,16). The van der Waals surface area contributed by atoms with Gasteiger partial charge in [0.2, 0.25) is 5.95 Å². The molecule has 17 heavy (non-hydrogen) atoms. The molecular weight excluding hydrogens is 237 g/mol. The van der Waals surface area contributed by atoms with Crippen LogP contribution in [0.4, 0.5) is 4.39 Å². The summed E-state index contributed by atoms with van der Waals surface area (Å²) in [5.74, 6) is -0.447. The highest BCUT2D eigenvalue weighted by atomic mass is 32.2. The van der Waals surface area contributed by atoms with Crippen LogP contribution in [-0.2, 0) is 6.42 Å². The minimum absolute atomic E-state index is 0.193. The summed E-state index contributed by atoms with van der Waals surface area (Å²) in [5, 5.41) is 1.08. The summed E-state index contributed by atoms with van der Waals surface area (Å²) in [7, 11) is 0. The van der Waals surface area contributed by atoms with E-state index in [9.17, 15) is 4.39 Å². The van der Waals surface area contributed by atoms with Crippen molar-refractivity contribution in [1.29, 1.82) is 0 Å². The molecule has 0 radical (unpaired) electrons. The number of halogens is 1. The number of pyridine rings is 1. The number of hydrogen-bond donors (Lipinski definition) is 1. The molecule has 1 N–H and O–H groups in total. The molecule has 0 fully saturated rings. The number of H-pyrrole nitrogens is 1. The Labute approximate surface area is 104 Å². The van der Waals surface area contributed by atoms with Gasteiger partial charge < -0.3 is 4.98 Å². The molecule has 5 heteroatoms. The fourth-order valence-corrected chi connectivity index (χ4v) is 2.36. The zero-order valence-electron chi connectivity index (χ0n) is 9.77. The first-order chi connectivity index (χ1) is 8.19. The van der Waals surface area contributed by atoms with Crippen molar-refractivity contribution in [3.8, 4) is 0 Å². The molecule has 2 aromatic heterocycles. The van der Waals surface area contributed by atoms with Crippen molar-refractivity contribution < 1.29 is 4.39 Å². The second-order valence-corrected chi connectivity index (χ2v) is 5.07. The topological polar surface area (TPSA) is 41.6 Å². The molecule has 0 aliphatic carbocycles. The van der Waals surface area contributed by atoms with Crippen LogP contribution in [0.25, 0.3) is 0 Å². The van der Waals surface area contributed by atoms with Gasteiger partial charge in [0.25, 0.3) is 0 Å².